The van der Waals surface area contributed by atoms with Gasteiger partial charge in [0, 0.05) is 4.90 Å². The van der Waals surface area contributed by atoms with Crippen LogP contribution in [-0.4, -0.2) is 12.6 Å². The van der Waals surface area contributed by atoms with Crippen LogP contribution in [0.25, 0.3) is 0 Å². The van der Waals surface area contributed by atoms with E-state index in [0.29, 0.717) is 17.1 Å². The number of nitrogens with zero attached hydrogens (tertiary/aromatic N) is 1. The van der Waals surface area contributed by atoms with E-state index in [4.69, 9.17) is 10.00 Å². The summed E-state index contributed by atoms with van der Waals surface area (Å²) in [7, 11) is 0. The minimum atomic E-state index is -0.295. The molecule has 4 heteroatoms. The van der Waals surface area contributed by atoms with E-state index in [2.05, 4.69) is 18.7 Å². The molecule has 0 fully saturated rings. The molecule has 17 heavy (non-hydrogen) atoms. The standard InChI is InChI=1S/C13H15NO2S/c1-3-9-5-6-10(7-12(15)16-4-2)13(17)11(9)8-14/h5-6,17H,3-4,7H2,1-2H3. The van der Waals surface area contributed by atoms with Crippen molar-refractivity contribution in [2.24, 2.45) is 0 Å². The van der Waals surface area contributed by atoms with Gasteiger partial charge in [-0.25, -0.2) is 0 Å². The molecule has 0 unspecified atom stereocenters. The van der Waals surface area contributed by atoms with Gasteiger partial charge < -0.3 is 4.74 Å². The monoisotopic (exact) mass is 249 g/mol. The third-order valence-electron chi connectivity index (χ3n) is 2.48. The average molecular weight is 249 g/mol. The van der Waals surface area contributed by atoms with Crippen LogP contribution in [0.5, 0.6) is 0 Å². The lowest BCUT2D eigenvalue weighted by Crippen LogP contribution is -2.09. The van der Waals surface area contributed by atoms with Crippen LogP contribution in [0.2, 0.25) is 0 Å². The maximum absolute atomic E-state index is 11.4. The van der Waals surface area contributed by atoms with Gasteiger partial charge in [-0.2, -0.15) is 5.26 Å². The van der Waals surface area contributed by atoms with Crippen LogP contribution in [0.15, 0.2) is 17.0 Å². The zero-order valence-corrected chi connectivity index (χ0v) is 10.9. The second kappa shape index (κ2) is 6.31. The number of carbonyl (C=O) groups excluding carboxylic acids is 1. The number of benzene rings is 1. The second-order valence-electron chi connectivity index (χ2n) is 3.55. The molecule has 90 valence electrons. The van der Waals surface area contributed by atoms with Gasteiger partial charge in [-0.1, -0.05) is 19.1 Å². The van der Waals surface area contributed by atoms with Crippen molar-refractivity contribution in [1.82, 2.24) is 0 Å². The summed E-state index contributed by atoms with van der Waals surface area (Å²) in [6, 6.07) is 5.83. The highest BCUT2D eigenvalue weighted by atomic mass is 32.1. The molecule has 0 saturated carbocycles. The summed E-state index contributed by atoms with van der Waals surface area (Å²) in [5.41, 5.74) is 2.24. The molecule has 0 heterocycles. The molecule has 0 aromatic heterocycles. The number of hydrogen-bond acceptors (Lipinski definition) is 4. The molecule has 0 amide bonds. The Hall–Kier alpha value is -1.47. The lowest BCUT2D eigenvalue weighted by molar-refractivity contribution is -0.142. The maximum Gasteiger partial charge on any atom is 0.310 e. The molecule has 0 aliphatic carbocycles. The molecule has 0 N–H and O–H groups in total. The predicted molar refractivity (Wildman–Crippen MR) is 68.1 cm³/mol. The van der Waals surface area contributed by atoms with Crippen molar-refractivity contribution in [3.8, 4) is 6.07 Å². The number of ether oxygens (including phenoxy) is 1. The SMILES string of the molecule is CCOC(=O)Cc1ccc(CC)c(C#N)c1S. The van der Waals surface area contributed by atoms with Gasteiger partial charge in [0.15, 0.2) is 0 Å². The fourth-order valence-electron chi connectivity index (χ4n) is 1.61. The molecular formula is C13H15NO2S. The van der Waals surface area contributed by atoms with Crippen LogP contribution in [-0.2, 0) is 22.4 Å². The molecule has 3 nitrogen and oxygen atoms in total. The molecule has 0 atom stereocenters. The highest BCUT2D eigenvalue weighted by Gasteiger charge is 2.12. The first-order valence-corrected chi connectivity index (χ1v) is 5.98. The lowest BCUT2D eigenvalue weighted by Gasteiger charge is -2.09. The van der Waals surface area contributed by atoms with Crippen molar-refractivity contribution < 1.29 is 9.53 Å². The minimum absolute atomic E-state index is 0.158. The molecule has 0 radical (unpaired) electrons. The average Bonchev–Trinajstić information content (AvgIpc) is 2.31. The summed E-state index contributed by atoms with van der Waals surface area (Å²) in [6.45, 7) is 4.10. The second-order valence-corrected chi connectivity index (χ2v) is 4.00. The molecule has 1 aromatic carbocycles. The van der Waals surface area contributed by atoms with Crippen LogP contribution in [0.4, 0.5) is 0 Å². The van der Waals surface area contributed by atoms with Crippen LogP contribution in [0.1, 0.15) is 30.5 Å². The first-order valence-electron chi connectivity index (χ1n) is 5.53. The number of hydrogen-bond donors (Lipinski definition) is 1. The van der Waals surface area contributed by atoms with E-state index in [-0.39, 0.29) is 12.4 Å². The summed E-state index contributed by atoms with van der Waals surface area (Å²) in [5.74, 6) is -0.295. The van der Waals surface area contributed by atoms with Gasteiger partial charge in [-0.3, -0.25) is 4.79 Å². The highest BCUT2D eigenvalue weighted by molar-refractivity contribution is 7.80. The highest BCUT2D eigenvalue weighted by Crippen LogP contribution is 2.23. The van der Waals surface area contributed by atoms with Crippen LogP contribution >= 0.6 is 12.6 Å². The molecule has 1 aromatic rings. The molecule has 1 rings (SSSR count). The molecule has 0 bridgehead atoms. The fraction of sp³-hybridized carbons (Fsp3) is 0.385. The zero-order valence-electron chi connectivity index (χ0n) is 9.99. The van der Waals surface area contributed by atoms with E-state index in [9.17, 15) is 4.79 Å². The Balaban J connectivity index is 3.04. The van der Waals surface area contributed by atoms with Crippen molar-refractivity contribution in [2.75, 3.05) is 6.61 Å². The Morgan fingerprint density at radius 1 is 1.41 bits per heavy atom. The normalized spacial score (nSPS) is 9.76. The Labute approximate surface area is 107 Å². The quantitative estimate of drug-likeness (QED) is 0.659. The molecular weight excluding hydrogens is 234 g/mol. The van der Waals surface area contributed by atoms with E-state index in [1.807, 2.05) is 19.1 Å². The number of aryl methyl sites for hydroxylation is 1. The van der Waals surface area contributed by atoms with Gasteiger partial charge in [0.05, 0.1) is 18.6 Å². The van der Waals surface area contributed by atoms with E-state index in [1.54, 1.807) is 6.92 Å². The molecule has 0 aliphatic heterocycles. The fourth-order valence-corrected chi connectivity index (χ4v) is 1.95. The Morgan fingerprint density at radius 3 is 2.59 bits per heavy atom. The van der Waals surface area contributed by atoms with Gasteiger partial charge in [0.1, 0.15) is 6.07 Å². The molecule has 0 aliphatic rings. The lowest BCUT2D eigenvalue weighted by atomic mass is 10.0. The topological polar surface area (TPSA) is 50.1 Å². The van der Waals surface area contributed by atoms with Crippen molar-refractivity contribution in [3.05, 3.63) is 28.8 Å². The summed E-state index contributed by atoms with van der Waals surface area (Å²) in [6.07, 6.45) is 0.932. The van der Waals surface area contributed by atoms with Gasteiger partial charge in [0.25, 0.3) is 0 Å². The van der Waals surface area contributed by atoms with Gasteiger partial charge in [0.2, 0.25) is 0 Å². The van der Waals surface area contributed by atoms with Gasteiger partial charge in [-0.15, -0.1) is 12.6 Å². The molecule has 0 spiro atoms. The van der Waals surface area contributed by atoms with E-state index in [0.717, 1.165) is 17.5 Å². The maximum atomic E-state index is 11.4. The number of nitriles is 1. The number of esters is 1. The number of rotatable bonds is 4. The summed E-state index contributed by atoms with van der Waals surface area (Å²) >= 11 is 4.33. The third kappa shape index (κ3) is 3.24. The predicted octanol–water partition coefficient (Wildman–Crippen LogP) is 2.51. The zero-order chi connectivity index (χ0) is 12.8. The Morgan fingerprint density at radius 2 is 2.06 bits per heavy atom. The van der Waals surface area contributed by atoms with Crippen LogP contribution < -0.4 is 0 Å². The van der Waals surface area contributed by atoms with Gasteiger partial charge >= 0.3 is 5.97 Å². The first kappa shape index (κ1) is 13.6. The van der Waals surface area contributed by atoms with Gasteiger partial charge in [-0.05, 0) is 24.5 Å². The van der Waals surface area contributed by atoms with Crippen molar-refractivity contribution in [3.63, 3.8) is 0 Å². The summed E-state index contributed by atoms with van der Waals surface area (Å²) in [5, 5.41) is 9.08. The summed E-state index contributed by atoms with van der Waals surface area (Å²) in [4.78, 5) is 12.0. The van der Waals surface area contributed by atoms with Crippen molar-refractivity contribution in [2.45, 2.75) is 31.6 Å². The number of thiol groups is 1. The van der Waals surface area contributed by atoms with Crippen LogP contribution in [0, 0.1) is 11.3 Å². The smallest absolute Gasteiger partial charge is 0.310 e. The Kier molecular flexibility index (Phi) is 5.05. The third-order valence-corrected chi connectivity index (χ3v) is 2.99. The minimum Gasteiger partial charge on any atom is -0.466 e. The summed E-state index contributed by atoms with van der Waals surface area (Å²) < 4.78 is 4.88. The van der Waals surface area contributed by atoms with Crippen molar-refractivity contribution in [1.29, 1.82) is 5.26 Å². The van der Waals surface area contributed by atoms with Crippen LogP contribution in [0.3, 0.4) is 0 Å². The molecule has 0 saturated heterocycles. The largest absolute Gasteiger partial charge is 0.466 e. The Bertz CT molecular complexity index is 463. The van der Waals surface area contributed by atoms with E-state index in [1.165, 1.54) is 0 Å². The van der Waals surface area contributed by atoms with E-state index < -0.39 is 0 Å². The van der Waals surface area contributed by atoms with E-state index >= 15 is 0 Å². The first-order chi connectivity index (χ1) is 8.13. The number of carbonyl (C=O) groups is 1. The van der Waals surface area contributed by atoms with Crippen molar-refractivity contribution >= 4 is 18.6 Å².